The van der Waals surface area contributed by atoms with Gasteiger partial charge in [-0.3, -0.25) is 14.5 Å². The van der Waals surface area contributed by atoms with Gasteiger partial charge >= 0.3 is 6.03 Å². The van der Waals surface area contributed by atoms with Gasteiger partial charge in [-0.05, 0) is 56.7 Å². The summed E-state index contributed by atoms with van der Waals surface area (Å²) in [6.45, 7) is 4.37. The number of rotatable bonds is 4. The molecule has 152 valence electrons. The highest BCUT2D eigenvalue weighted by Crippen LogP contribution is 2.22. The minimum Gasteiger partial charge on any atom is -0.369 e. The summed E-state index contributed by atoms with van der Waals surface area (Å²) in [5.41, 5.74) is 7.19. The Labute approximate surface area is 166 Å². The smallest absolute Gasteiger partial charge is 0.324 e. The van der Waals surface area contributed by atoms with Crippen LogP contribution in [0.4, 0.5) is 10.5 Å². The molecule has 0 radical (unpaired) electrons. The van der Waals surface area contributed by atoms with Crippen molar-refractivity contribution in [1.82, 2.24) is 9.80 Å². The number of hydrogen-bond acceptors (Lipinski definition) is 3. The molecule has 28 heavy (non-hydrogen) atoms. The van der Waals surface area contributed by atoms with E-state index in [9.17, 15) is 14.4 Å². The Bertz CT molecular complexity index is 730. The van der Waals surface area contributed by atoms with E-state index in [0.29, 0.717) is 25.2 Å². The number of nitrogens with zero attached hydrogens (tertiary/aromatic N) is 3. The van der Waals surface area contributed by atoms with Crippen molar-refractivity contribution in [3.05, 3.63) is 29.8 Å². The Morgan fingerprint density at radius 2 is 1.79 bits per heavy atom. The molecule has 0 aliphatic carbocycles. The second kappa shape index (κ2) is 9.08. The van der Waals surface area contributed by atoms with Crippen molar-refractivity contribution in [2.24, 2.45) is 11.7 Å². The van der Waals surface area contributed by atoms with E-state index < -0.39 is 0 Å². The van der Waals surface area contributed by atoms with Crippen LogP contribution in [-0.4, -0.2) is 60.4 Å². The Kier molecular flexibility index (Phi) is 6.54. The molecule has 1 aromatic carbocycles. The third-order valence-electron chi connectivity index (χ3n) is 5.64. The van der Waals surface area contributed by atoms with Crippen molar-refractivity contribution in [2.45, 2.75) is 39.0 Å². The summed E-state index contributed by atoms with van der Waals surface area (Å²) in [6.07, 6.45) is 4.61. The van der Waals surface area contributed by atoms with Crippen LogP contribution in [-0.2, 0) is 9.59 Å². The average Bonchev–Trinajstić information content (AvgIpc) is 2.72. The number of urea groups is 1. The molecule has 2 saturated heterocycles. The molecule has 3 rings (SSSR count). The lowest BCUT2D eigenvalue weighted by Gasteiger charge is -2.36. The van der Waals surface area contributed by atoms with Crippen LogP contribution in [0.5, 0.6) is 0 Å². The third-order valence-corrected chi connectivity index (χ3v) is 5.64. The van der Waals surface area contributed by atoms with Crippen molar-refractivity contribution < 1.29 is 14.4 Å². The zero-order valence-electron chi connectivity index (χ0n) is 16.6. The molecule has 4 amide bonds. The lowest BCUT2D eigenvalue weighted by atomic mass is 9.98. The molecular formula is C21H30N4O3. The van der Waals surface area contributed by atoms with Crippen molar-refractivity contribution >= 4 is 23.5 Å². The minimum absolute atomic E-state index is 0.0139. The van der Waals surface area contributed by atoms with Gasteiger partial charge in [-0.25, -0.2) is 4.79 Å². The number of piperidine rings is 2. The van der Waals surface area contributed by atoms with Gasteiger partial charge in [0, 0.05) is 31.9 Å². The largest absolute Gasteiger partial charge is 0.369 e. The molecule has 2 aliphatic heterocycles. The van der Waals surface area contributed by atoms with Crippen molar-refractivity contribution in [2.75, 3.05) is 37.6 Å². The third kappa shape index (κ3) is 4.82. The van der Waals surface area contributed by atoms with Gasteiger partial charge in [0.15, 0.2) is 0 Å². The standard InChI is InChI=1S/C21H30N4O3/c1-16-7-5-9-18(13-16)25(15-19(26)23-10-3-2-4-11-23)21(28)24-12-6-8-17(14-24)20(22)27/h5,7,9,13,17H,2-4,6,8,10-12,14-15H2,1H3,(H2,22,27)/t17-/m0/s1. The maximum atomic E-state index is 13.3. The Hall–Kier alpha value is -2.57. The highest BCUT2D eigenvalue weighted by atomic mass is 16.2. The molecule has 2 aliphatic rings. The summed E-state index contributed by atoms with van der Waals surface area (Å²) in [6, 6.07) is 7.38. The van der Waals surface area contributed by atoms with E-state index in [0.717, 1.165) is 44.3 Å². The van der Waals surface area contributed by atoms with Gasteiger partial charge in [0.2, 0.25) is 11.8 Å². The number of carbonyl (C=O) groups excluding carboxylic acids is 3. The van der Waals surface area contributed by atoms with Crippen LogP contribution in [0, 0.1) is 12.8 Å². The van der Waals surface area contributed by atoms with Gasteiger partial charge in [-0.2, -0.15) is 0 Å². The first-order valence-corrected chi connectivity index (χ1v) is 10.2. The van der Waals surface area contributed by atoms with Crippen molar-refractivity contribution in [1.29, 1.82) is 0 Å². The highest BCUT2D eigenvalue weighted by molar-refractivity contribution is 5.98. The number of likely N-dealkylation sites (tertiary alicyclic amines) is 2. The molecule has 2 N–H and O–H groups in total. The van der Waals surface area contributed by atoms with E-state index in [1.165, 1.54) is 0 Å². The highest BCUT2D eigenvalue weighted by Gasteiger charge is 2.32. The molecule has 2 fully saturated rings. The topological polar surface area (TPSA) is 87.0 Å². The molecule has 7 heteroatoms. The van der Waals surface area contributed by atoms with E-state index >= 15 is 0 Å². The van der Waals surface area contributed by atoms with Crippen LogP contribution in [0.2, 0.25) is 0 Å². The quantitative estimate of drug-likeness (QED) is 0.860. The summed E-state index contributed by atoms with van der Waals surface area (Å²) in [4.78, 5) is 42.8. The Morgan fingerprint density at radius 3 is 2.46 bits per heavy atom. The second-order valence-electron chi connectivity index (χ2n) is 7.84. The van der Waals surface area contributed by atoms with Gasteiger partial charge in [0.05, 0.1) is 5.92 Å². The van der Waals surface area contributed by atoms with E-state index in [1.54, 1.807) is 9.80 Å². The fourth-order valence-corrected chi connectivity index (χ4v) is 4.00. The minimum atomic E-state index is -0.371. The summed E-state index contributed by atoms with van der Waals surface area (Å²) in [5.74, 6) is -0.725. The number of hydrogen-bond donors (Lipinski definition) is 1. The zero-order chi connectivity index (χ0) is 20.1. The first-order valence-electron chi connectivity index (χ1n) is 10.2. The number of amides is 4. The van der Waals surface area contributed by atoms with Gasteiger partial charge in [0.25, 0.3) is 0 Å². The van der Waals surface area contributed by atoms with Crippen LogP contribution in [0.1, 0.15) is 37.7 Å². The van der Waals surface area contributed by atoms with Gasteiger partial charge < -0.3 is 15.5 Å². The molecule has 7 nitrogen and oxygen atoms in total. The van der Waals surface area contributed by atoms with Crippen LogP contribution >= 0.6 is 0 Å². The van der Waals surface area contributed by atoms with Crippen LogP contribution in [0.3, 0.4) is 0 Å². The maximum absolute atomic E-state index is 13.3. The van der Waals surface area contributed by atoms with E-state index in [2.05, 4.69) is 0 Å². The molecule has 0 aromatic heterocycles. The number of primary amides is 1. The maximum Gasteiger partial charge on any atom is 0.324 e. The van der Waals surface area contributed by atoms with E-state index in [-0.39, 0.29) is 30.3 Å². The number of anilines is 1. The average molecular weight is 386 g/mol. The summed E-state index contributed by atoms with van der Waals surface area (Å²) in [7, 11) is 0. The van der Waals surface area contributed by atoms with Gasteiger partial charge in [0.1, 0.15) is 6.54 Å². The molecular weight excluding hydrogens is 356 g/mol. The summed E-state index contributed by atoms with van der Waals surface area (Å²) in [5, 5.41) is 0. The fraction of sp³-hybridized carbons (Fsp3) is 0.571. The Morgan fingerprint density at radius 1 is 1.07 bits per heavy atom. The Balaban J connectivity index is 1.80. The molecule has 0 unspecified atom stereocenters. The monoisotopic (exact) mass is 386 g/mol. The SMILES string of the molecule is Cc1cccc(N(CC(=O)N2CCCCC2)C(=O)N2CCC[C@H](C(N)=O)C2)c1. The first kappa shape index (κ1) is 20.2. The number of benzene rings is 1. The fourth-order valence-electron chi connectivity index (χ4n) is 4.00. The lowest BCUT2D eigenvalue weighted by molar-refractivity contribution is -0.130. The zero-order valence-corrected chi connectivity index (χ0v) is 16.6. The predicted octanol–water partition coefficient (Wildman–Crippen LogP) is 2.13. The predicted molar refractivity (Wildman–Crippen MR) is 108 cm³/mol. The van der Waals surface area contributed by atoms with Crippen LogP contribution in [0.15, 0.2) is 24.3 Å². The first-order chi connectivity index (χ1) is 13.5. The van der Waals surface area contributed by atoms with Crippen LogP contribution in [0.25, 0.3) is 0 Å². The molecule has 2 heterocycles. The lowest BCUT2D eigenvalue weighted by Crippen LogP contribution is -2.52. The molecule has 0 bridgehead atoms. The number of carbonyl (C=O) groups is 3. The summed E-state index contributed by atoms with van der Waals surface area (Å²) >= 11 is 0. The van der Waals surface area contributed by atoms with Crippen molar-refractivity contribution in [3.63, 3.8) is 0 Å². The normalized spacial score (nSPS) is 20.0. The summed E-state index contributed by atoms with van der Waals surface area (Å²) < 4.78 is 0. The van der Waals surface area contributed by atoms with E-state index in [1.807, 2.05) is 36.1 Å². The van der Waals surface area contributed by atoms with Gasteiger partial charge in [-0.15, -0.1) is 0 Å². The molecule has 1 atom stereocenters. The molecule has 0 spiro atoms. The number of nitrogens with two attached hydrogens (primary N) is 1. The molecule has 0 saturated carbocycles. The van der Waals surface area contributed by atoms with Crippen molar-refractivity contribution in [3.8, 4) is 0 Å². The van der Waals surface area contributed by atoms with Crippen LogP contribution < -0.4 is 10.6 Å². The van der Waals surface area contributed by atoms with Gasteiger partial charge in [-0.1, -0.05) is 12.1 Å². The molecule has 1 aromatic rings. The number of aryl methyl sites for hydroxylation is 1. The second-order valence-corrected chi connectivity index (χ2v) is 7.84. The van der Waals surface area contributed by atoms with E-state index in [4.69, 9.17) is 5.73 Å².